The molecule has 0 aliphatic heterocycles. The van der Waals surface area contributed by atoms with Gasteiger partial charge in [-0.2, -0.15) is 0 Å². The van der Waals surface area contributed by atoms with E-state index in [9.17, 15) is 4.79 Å². The number of nitrogens with one attached hydrogen (secondary N) is 1. The lowest BCUT2D eigenvalue weighted by Crippen LogP contribution is -2.12. The van der Waals surface area contributed by atoms with Crippen molar-refractivity contribution in [3.8, 4) is 11.3 Å². The first-order chi connectivity index (χ1) is 10.2. The number of anilines is 1. The number of amides is 1. The maximum absolute atomic E-state index is 12.1. The average Bonchev–Trinajstić information content (AvgIpc) is 2.98. The molecule has 0 saturated carbocycles. The molecule has 0 fully saturated rings. The zero-order chi connectivity index (χ0) is 14.7. The van der Waals surface area contributed by atoms with E-state index in [4.69, 9.17) is 4.52 Å². The highest BCUT2D eigenvalue weighted by Crippen LogP contribution is 2.20. The predicted molar refractivity (Wildman–Crippen MR) is 81.1 cm³/mol. The molecule has 0 unspecified atom stereocenters. The van der Waals surface area contributed by atoms with Crippen LogP contribution in [0.1, 0.15) is 16.1 Å². The van der Waals surface area contributed by atoms with Crippen LogP contribution in [0.5, 0.6) is 0 Å². The third kappa shape index (κ3) is 3.00. The Morgan fingerprint density at radius 3 is 2.62 bits per heavy atom. The zero-order valence-corrected chi connectivity index (χ0v) is 11.5. The van der Waals surface area contributed by atoms with Gasteiger partial charge >= 0.3 is 0 Å². The molecule has 3 rings (SSSR count). The smallest absolute Gasteiger partial charge is 0.277 e. The van der Waals surface area contributed by atoms with Crippen LogP contribution in [-0.2, 0) is 0 Å². The third-order valence-electron chi connectivity index (χ3n) is 3.08. The maximum atomic E-state index is 12.1. The van der Waals surface area contributed by atoms with E-state index in [2.05, 4.69) is 10.5 Å². The number of carbonyl (C=O) groups is 1. The van der Waals surface area contributed by atoms with Gasteiger partial charge in [-0.25, -0.2) is 0 Å². The molecule has 3 aromatic rings. The molecule has 0 radical (unpaired) electrons. The standard InChI is InChI=1S/C17H14N2O2/c1-12-6-5-9-14(10-12)18-17(20)15-11-16(21-19-15)13-7-3-2-4-8-13/h2-11H,1H3,(H,18,20). The van der Waals surface area contributed by atoms with Gasteiger partial charge in [0.15, 0.2) is 11.5 Å². The number of nitrogens with zero attached hydrogens (tertiary/aromatic N) is 1. The Labute approximate surface area is 122 Å². The Morgan fingerprint density at radius 2 is 1.86 bits per heavy atom. The summed E-state index contributed by atoms with van der Waals surface area (Å²) < 4.78 is 5.22. The summed E-state index contributed by atoms with van der Waals surface area (Å²) in [7, 11) is 0. The van der Waals surface area contributed by atoms with Crippen molar-refractivity contribution in [2.24, 2.45) is 0 Å². The molecule has 0 saturated heterocycles. The number of rotatable bonds is 3. The van der Waals surface area contributed by atoms with Crippen LogP contribution in [0.15, 0.2) is 65.2 Å². The van der Waals surface area contributed by atoms with Gasteiger partial charge < -0.3 is 9.84 Å². The summed E-state index contributed by atoms with van der Waals surface area (Å²) in [6.07, 6.45) is 0. The van der Waals surface area contributed by atoms with Crippen molar-refractivity contribution < 1.29 is 9.32 Å². The van der Waals surface area contributed by atoms with Gasteiger partial charge in [0.05, 0.1) is 0 Å². The van der Waals surface area contributed by atoms with E-state index in [1.54, 1.807) is 6.07 Å². The Morgan fingerprint density at radius 1 is 1.05 bits per heavy atom. The van der Waals surface area contributed by atoms with Crippen molar-refractivity contribution in [1.82, 2.24) is 5.16 Å². The van der Waals surface area contributed by atoms with Crippen LogP contribution in [0.2, 0.25) is 0 Å². The van der Waals surface area contributed by atoms with Crippen molar-refractivity contribution in [2.75, 3.05) is 5.32 Å². The predicted octanol–water partition coefficient (Wildman–Crippen LogP) is 3.90. The highest BCUT2D eigenvalue weighted by Gasteiger charge is 2.13. The van der Waals surface area contributed by atoms with Crippen molar-refractivity contribution in [3.63, 3.8) is 0 Å². The number of hydrogen-bond acceptors (Lipinski definition) is 3. The molecule has 0 atom stereocenters. The molecular weight excluding hydrogens is 264 g/mol. The van der Waals surface area contributed by atoms with Gasteiger partial charge in [0.25, 0.3) is 5.91 Å². The Balaban J connectivity index is 1.78. The van der Waals surface area contributed by atoms with Gasteiger partial charge in [-0.05, 0) is 24.6 Å². The number of hydrogen-bond donors (Lipinski definition) is 1. The molecule has 1 aromatic heterocycles. The molecule has 21 heavy (non-hydrogen) atoms. The lowest BCUT2D eigenvalue weighted by Gasteiger charge is -2.03. The molecule has 1 heterocycles. The summed E-state index contributed by atoms with van der Waals surface area (Å²) in [5.74, 6) is 0.288. The SMILES string of the molecule is Cc1cccc(NC(=O)c2cc(-c3ccccc3)on2)c1. The topological polar surface area (TPSA) is 55.1 Å². The van der Waals surface area contributed by atoms with Gasteiger partial charge in [-0.3, -0.25) is 4.79 Å². The number of benzene rings is 2. The molecule has 4 heteroatoms. The minimum Gasteiger partial charge on any atom is -0.355 e. The molecular formula is C17H14N2O2. The minimum atomic E-state index is -0.286. The second kappa shape index (κ2) is 5.63. The van der Waals surface area contributed by atoms with Crippen LogP contribution in [0.3, 0.4) is 0 Å². The molecule has 0 aliphatic carbocycles. The van der Waals surface area contributed by atoms with Crippen LogP contribution in [0.25, 0.3) is 11.3 Å². The normalized spacial score (nSPS) is 10.3. The van der Waals surface area contributed by atoms with E-state index < -0.39 is 0 Å². The van der Waals surface area contributed by atoms with Gasteiger partial charge in [0.2, 0.25) is 0 Å². The van der Waals surface area contributed by atoms with E-state index in [1.165, 1.54) is 0 Å². The van der Waals surface area contributed by atoms with Crippen molar-refractivity contribution in [3.05, 3.63) is 71.9 Å². The maximum Gasteiger partial charge on any atom is 0.277 e. The number of aryl methyl sites for hydroxylation is 1. The first-order valence-corrected chi connectivity index (χ1v) is 6.62. The van der Waals surface area contributed by atoms with Crippen LogP contribution in [-0.4, -0.2) is 11.1 Å². The van der Waals surface area contributed by atoms with Crippen LogP contribution in [0.4, 0.5) is 5.69 Å². The quantitative estimate of drug-likeness (QED) is 0.790. The van der Waals surface area contributed by atoms with E-state index in [0.29, 0.717) is 5.76 Å². The molecule has 4 nitrogen and oxygen atoms in total. The van der Waals surface area contributed by atoms with Crippen molar-refractivity contribution in [2.45, 2.75) is 6.92 Å². The van der Waals surface area contributed by atoms with Gasteiger partial charge in [-0.15, -0.1) is 0 Å². The zero-order valence-electron chi connectivity index (χ0n) is 11.5. The summed E-state index contributed by atoms with van der Waals surface area (Å²) in [6, 6.07) is 18.8. The number of aromatic nitrogens is 1. The van der Waals surface area contributed by atoms with Gasteiger partial charge in [0.1, 0.15) is 0 Å². The first kappa shape index (κ1) is 13.1. The van der Waals surface area contributed by atoms with Crippen LogP contribution >= 0.6 is 0 Å². The van der Waals surface area contributed by atoms with Gasteiger partial charge in [0, 0.05) is 17.3 Å². The fourth-order valence-electron chi connectivity index (χ4n) is 2.04. The molecule has 0 aliphatic rings. The number of carbonyl (C=O) groups excluding carboxylic acids is 1. The van der Waals surface area contributed by atoms with E-state index in [0.717, 1.165) is 16.8 Å². The Bertz CT molecular complexity index is 763. The molecule has 0 bridgehead atoms. The summed E-state index contributed by atoms with van der Waals surface area (Å²) in [5.41, 5.74) is 2.97. The molecule has 1 N–H and O–H groups in total. The van der Waals surface area contributed by atoms with E-state index in [1.807, 2.05) is 61.5 Å². The van der Waals surface area contributed by atoms with Crippen molar-refractivity contribution in [1.29, 1.82) is 0 Å². The fourth-order valence-corrected chi connectivity index (χ4v) is 2.04. The lowest BCUT2D eigenvalue weighted by atomic mass is 10.1. The largest absolute Gasteiger partial charge is 0.355 e. The summed E-state index contributed by atoms with van der Waals surface area (Å²) in [5, 5.41) is 6.63. The third-order valence-corrected chi connectivity index (χ3v) is 3.08. The van der Waals surface area contributed by atoms with Crippen LogP contribution < -0.4 is 5.32 Å². The highest BCUT2D eigenvalue weighted by molar-refractivity contribution is 6.03. The summed E-state index contributed by atoms with van der Waals surface area (Å²) >= 11 is 0. The van der Waals surface area contributed by atoms with Crippen molar-refractivity contribution >= 4 is 11.6 Å². The molecule has 0 spiro atoms. The average molecular weight is 278 g/mol. The second-order valence-electron chi connectivity index (χ2n) is 4.77. The first-order valence-electron chi connectivity index (χ1n) is 6.62. The van der Waals surface area contributed by atoms with Crippen LogP contribution in [0, 0.1) is 6.92 Å². The molecule has 2 aromatic carbocycles. The lowest BCUT2D eigenvalue weighted by molar-refractivity contribution is 0.101. The highest BCUT2D eigenvalue weighted by atomic mass is 16.5. The van der Waals surface area contributed by atoms with Gasteiger partial charge in [-0.1, -0.05) is 47.6 Å². The fraction of sp³-hybridized carbons (Fsp3) is 0.0588. The summed E-state index contributed by atoms with van der Waals surface area (Å²) in [6.45, 7) is 1.97. The molecule has 1 amide bonds. The van der Waals surface area contributed by atoms with E-state index in [-0.39, 0.29) is 11.6 Å². The minimum absolute atomic E-state index is 0.260. The Kier molecular flexibility index (Phi) is 3.51. The monoisotopic (exact) mass is 278 g/mol. The Hall–Kier alpha value is -2.88. The van der Waals surface area contributed by atoms with E-state index >= 15 is 0 Å². The second-order valence-corrected chi connectivity index (χ2v) is 4.77. The summed E-state index contributed by atoms with van der Waals surface area (Å²) in [4.78, 5) is 12.1. The molecule has 104 valence electrons.